The fraction of sp³-hybridized carbons (Fsp3) is 0.250. The van der Waals surface area contributed by atoms with Gasteiger partial charge in [-0.2, -0.15) is 0 Å². The minimum absolute atomic E-state index is 0.0106. The fourth-order valence-corrected chi connectivity index (χ4v) is 2.53. The molecular weight excluding hydrogens is 288 g/mol. The maximum absolute atomic E-state index is 12.6. The first-order valence-corrected chi connectivity index (χ1v) is 7.52. The summed E-state index contributed by atoms with van der Waals surface area (Å²) in [5.74, 6) is 0.152. The van der Waals surface area contributed by atoms with E-state index in [-0.39, 0.29) is 17.1 Å². The Morgan fingerprint density at radius 2 is 1.61 bits per heavy atom. The van der Waals surface area contributed by atoms with Gasteiger partial charge in [0.05, 0.1) is 7.11 Å². The third-order valence-corrected chi connectivity index (χ3v) is 4.24. The van der Waals surface area contributed by atoms with Crippen molar-refractivity contribution in [3.63, 3.8) is 0 Å². The number of phenolic OH excluding ortho intramolecular Hbond substituents is 1. The standard InChI is InChI=1S/C20H22O3/c1-12-6-8-16(9-7-12)10-11-17(21)18-19(22)14(3)13(2)15(4)20(18)23-5/h6-11,22H,1-5H3/b11-10+. The number of rotatable bonds is 4. The molecule has 0 spiro atoms. The molecule has 0 saturated carbocycles. The van der Waals surface area contributed by atoms with Crippen LogP contribution in [-0.2, 0) is 0 Å². The smallest absolute Gasteiger partial charge is 0.193 e. The van der Waals surface area contributed by atoms with E-state index in [0.29, 0.717) is 11.3 Å². The Balaban J connectivity index is 2.45. The number of phenols is 1. The van der Waals surface area contributed by atoms with Gasteiger partial charge in [0.25, 0.3) is 0 Å². The molecule has 2 rings (SSSR count). The Kier molecular flexibility index (Phi) is 4.89. The summed E-state index contributed by atoms with van der Waals surface area (Å²) in [7, 11) is 1.51. The molecule has 0 heterocycles. The Morgan fingerprint density at radius 1 is 1.00 bits per heavy atom. The third kappa shape index (κ3) is 3.29. The number of hydrogen-bond donors (Lipinski definition) is 1. The summed E-state index contributed by atoms with van der Waals surface area (Å²) < 4.78 is 5.37. The second-order valence-electron chi connectivity index (χ2n) is 5.74. The number of carbonyl (C=O) groups excluding carboxylic acids is 1. The number of aryl methyl sites for hydroxylation is 1. The minimum atomic E-state index is -0.272. The number of allylic oxidation sites excluding steroid dienone is 1. The molecule has 2 aromatic rings. The summed E-state index contributed by atoms with van der Waals surface area (Å²) in [5, 5.41) is 10.4. The highest BCUT2D eigenvalue weighted by molar-refractivity contribution is 6.11. The van der Waals surface area contributed by atoms with Gasteiger partial charge in [-0.3, -0.25) is 4.79 Å². The summed E-state index contributed by atoms with van der Waals surface area (Å²) in [6.07, 6.45) is 3.21. The van der Waals surface area contributed by atoms with Crippen molar-refractivity contribution in [2.24, 2.45) is 0 Å². The minimum Gasteiger partial charge on any atom is -0.507 e. The number of ketones is 1. The van der Waals surface area contributed by atoms with Crippen LogP contribution in [0.5, 0.6) is 11.5 Å². The van der Waals surface area contributed by atoms with Gasteiger partial charge in [-0.1, -0.05) is 35.9 Å². The van der Waals surface area contributed by atoms with Gasteiger partial charge in [0.15, 0.2) is 5.78 Å². The number of aromatic hydroxyl groups is 1. The number of benzene rings is 2. The van der Waals surface area contributed by atoms with Crippen LogP contribution in [0.4, 0.5) is 0 Å². The van der Waals surface area contributed by atoms with Crippen LogP contribution >= 0.6 is 0 Å². The topological polar surface area (TPSA) is 46.5 Å². The van der Waals surface area contributed by atoms with Crippen molar-refractivity contribution in [2.45, 2.75) is 27.7 Å². The number of carbonyl (C=O) groups is 1. The fourth-order valence-electron chi connectivity index (χ4n) is 2.53. The van der Waals surface area contributed by atoms with Crippen LogP contribution in [0.3, 0.4) is 0 Å². The first-order chi connectivity index (χ1) is 10.9. The van der Waals surface area contributed by atoms with Gasteiger partial charge >= 0.3 is 0 Å². The van der Waals surface area contributed by atoms with Gasteiger partial charge in [0.1, 0.15) is 17.1 Å². The van der Waals surface area contributed by atoms with Crippen molar-refractivity contribution < 1.29 is 14.6 Å². The monoisotopic (exact) mass is 310 g/mol. The molecule has 0 saturated heterocycles. The lowest BCUT2D eigenvalue weighted by Gasteiger charge is -2.16. The van der Waals surface area contributed by atoms with Gasteiger partial charge in [-0.15, -0.1) is 0 Å². The second kappa shape index (κ2) is 6.69. The van der Waals surface area contributed by atoms with E-state index in [4.69, 9.17) is 4.74 Å². The zero-order chi connectivity index (χ0) is 17.1. The molecule has 0 aromatic heterocycles. The van der Waals surface area contributed by atoms with Crippen molar-refractivity contribution in [2.75, 3.05) is 7.11 Å². The highest BCUT2D eigenvalue weighted by Crippen LogP contribution is 2.37. The second-order valence-corrected chi connectivity index (χ2v) is 5.74. The molecule has 0 atom stereocenters. The summed E-state index contributed by atoms with van der Waals surface area (Å²) in [6.45, 7) is 7.61. The molecule has 3 nitrogen and oxygen atoms in total. The predicted octanol–water partition coefficient (Wildman–Crippen LogP) is 4.53. The molecule has 23 heavy (non-hydrogen) atoms. The Bertz CT molecular complexity index is 769. The van der Waals surface area contributed by atoms with Crippen LogP contribution in [0.15, 0.2) is 30.3 Å². The molecule has 3 heteroatoms. The van der Waals surface area contributed by atoms with E-state index in [1.54, 1.807) is 13.0 Å². The molecule has 0 amide bonds. The molecule has 0 fully saturated rings. The average molecular weight is 310 g/mol. The molecule has 0 aliphatic heterocycles. The van der Waals surface area contributed by atoms with E-state index >= 15 is 0 Å². The van der Waals surface area contributed by atoms with Crippen LogP contribution < -0.4 is 4.74 Å². The normalized spacial score (nSPS) is 11.0. The quantitative estimate of drug-likeness (QED) is 0.666. The largest absolute Gasteiger partial charge is 0.507 e. The van der Waals surface area contributed by atoms with E-state index in [0.717, 1.165) is 22.3 Å². The van der Waals surface area contributed by atoms with E-state index in [9.17, 15) is 9.90 Å². The molecule has 2 aromatic carbocycles. The third-order valence-electron chi connectivity index (χ3n) is 4.24. The molecule has 1 N–H and O–H groups in total. The predicted molar refractivity (Wildman–Crippen MR) is 93.4 cm³/mol. The van der Waals surface area contributed by atoms with Gasteiger partial charge in [-0.05, 0) is 56.0 Å². The zero-order valence-electron chi connectivity index (χ0n) is 14.2. The van der Waals surface area contributed by atoms with E-state index in [1.165, 1.54) is 13.2 Å². The number of ether oxygens (including phenoxy) is 1. The lowest BCUT2D eigenvalue weighted by atomic mass is 9.95. The van der Waals surface area contributed by atoms with E-state index in [1.807, 2.05) is 45.0 Å². The van der Waals surface area contributed by atoms with E-state index < -0.39 is 0 Å². The molecule has 120 valence electrons. The molecular formula is C20H22O3. The van der Waals surface area contributed by atoms with Crippen molar-refractivity contribution in [3.05, 3.63) is 63.7 Å². The van der Waals surface area contributed by atoms with Gasteiger partial charge in [0.2, 0.25) is 0 Å². The maximum atomic E-state index is 12.6. The average Bonchev–Trinajstić information content (AvgIpc) is 2.55. The maximum Gasteiger partial charge on any atom is 0.193 e. The highest BCUT2D eigenvalue weighted by atomic mass is 16.5. The number of methoxy groups -OCH3 is 1. The molecule has 0 aliphatic carbocycles. The van der Waals surface area contributed by atoms with Crippen LogP contribution in [0.25, 0.3) is 6.08 Å². The Labute approximate surface area is 137 Å². The van der Waals surface area contributed by atoms with Crippen LogP contribution in [0.1, 0.15) is 38.2 Å². The first-order valence-electron chi connectivity index (χ1n) is 7.52. The van der Waals surface area contributed by atoms with Crippen molar-refractivity contribution in [3.8, 4) is 11.5 Å². The lowest BCUT2D eigenvalue weighted by Crippen LogP contribution is -2.05. The van der Waals surface area contributed by atoms with E-state index in [2.05, 4.69) is 0 Å². The molecule has 0 bridgehead atoms. The van der Waals surface area contributed by atoms with Gasteiger partial charge in [-0.25, -0.2) is 0 Å². The summed E-state index contributed by atoms with van der Waals surface area (Å²) in [5.41, 5.74) is 4.82. The lowest BCUT2D eigenvalue weighted by molar-refractivity contribution is 0.104. The van der Waals surface area contributed by atoms with Gasteiger partial charge < -0.3 is 9.84 Å². The van der Waals surface area contributed by atoms with Crippen LogP contribution in [0.2, 0.25) is 0 Å². The summed E-state index contributed by atoms with van der Waals surface area (Å²) in [4.78, 5) is 12.6. The summed E-state index contributed by atoms with van der Waals surface area (Å²) >= 11 is 0. The highest BCUT2D eigenvalue weighted by Gasteiger charge is 2.22. The SMILES string of the molecule is COc1c(C)c(C)c(C)c(O)c1C(=O)/C=C/c1ccc(C)cc1. The summed E-state index contributed by atoms with van der Waals surface area (Å²) in [6, 6.07) is 7.87. The van der Waals surface area contributed by atoms with Crippen molar-refractivity contribution in [1.82, 2.24) is 0 Å². The van der Waals surface area contributed by atoms with Crippen LogP contribution in [-0.4, -0.2) is 18.0 Å². The Hall–Kier alpha value is -2.55. The first kappa shape index (κ1) is 16.8. The molecule has 0 radical (unpaired) electrons. The number of hydrogen-bond acceptors (Lipinski definition) is 3. The molecule has 0 aliphatic rings. The van der Waals surface area contributed by atoms with Crippen LogP contribution in [0, 0.1) is 27.7 Å². The van der Waals surface area contributed by atoms with Crippen molar-refractivity contribution >= 4 is 11.9 Å². The Morgan fingerprint density at radius 3 is 2.17 bits per heavy atom. The van der Waals surface area contributed by atoms with Crippen molar-refractivity contribution in [1.29, 1.82) is 0 Å². The van der Waals surface area contributed by atoms with Gasteiger partial charge in [0, 0.05) is 0 Å². The molecule has 0 unspecified atom stereocenters. The zero-order valence-corrected chi connectivity index (χ0v) is 14.2.